The van der Waals surface area contributed by atoms with Gasteiger partial charge in [-0.15, -0.1) is 0 Å². The van der Waals surface area contributed by atoms with Crippen molar-refractivity contribution in [3.05, 3.63) is 18.3 Å². The van der Waals surface area contributed by atoms with Crippen molar-refractivity contribution < 1.29 is 8.42 Å². The molecule has 2 N–H and O–H groups in total. The number of rotatable bonds is 6. The number of pyridine rings is 1. The Hall–Kier alpha value is -0.790. The number of sulfonamides is 1. The first-order chi connectivity index (χ1) is 9.56. The summed E-state index contributed by atoms with van der Waals surface area (Å²) in [5.74, 6) is 1.57. The highest BCUT2D eigenvalue weighted by atomic mass is 32.2. The summed E-state index contributed by atoms with van der Waals surface area (Å²) in [6.07, 6.45) is 4.60. The Kier molecular flexibility index (Phi) is 5.29. The molecule has 1 saturated carbocycles. The maximum atomic E-state index is 12.4. The van der Waals surface area contributed by atoms with Crippen LogP contribution in [0.2, 0.25) is 0 Å². The molecule has 2 unspecified atom stereocenters. The molecule has 0 aliphatic heterocycles. The van der Waals surface area contributed by atoms with Crippen molar-refractivity contribution in [3.8, 4) is 0 Å². The van der Waals surface area contributed by atoms with Gasteiger partial charge in [-0.25, -0.2) is 18.1 Å². The molecule has 112 valence electrons. The average Bonchev–Trinajstić information content (AvgIpc) is 2.86. The number of nitrogens with zero attached hydrogens (tertiary/aromatic N) is 1. The third-order valence-corrected chi connectivity index (χ3v) is 6.25. The van der Waals surface area contributed by atoms with Crippen LogP contribution in [0.4, 0.5) is 5.82 Å². The Morgan fingerprint density at radius 2 is 2.25 bits per heavy atom. The van der Waals surface area contributed by atoms with Gasteiger partial charge in [-0.1, -0.05) is 13.3 Å². The quantitative estimate of drug-likeness (QED) is 0.841. The first-order valence-corrected chi connectivity index (χ1v) is 9.37. The number of thioether (sulfide) groups is 1. The zero-order valence-electron chi connectivity index (χ0n) is 11.8. The number of aromatic nitrogens is 1. The fraction of sp³-hybridized carbons (Fsp3) is 0.615. The molecule has 1 aliphatic rings. The van der Waals surface area contributed by atoms with E-state index >= 15 is 0 Å². The SMILES string of the molecule is CCSC1CCCC1NS(=O)(=O)c1ccnc(NC)c1. The van der Waals surface area contributed by atoms with Crippen molar-refractivity contribution in [3.63, 3.8) is 0 Å². The van der Waals surface area contributed by atoms with Gasteiger partial charge < -0.3 is 5.32 Å². The van der Waals surface area contributed by atoms with Crippen LogP contribution in [0.25, 0.3) is 0 Å². The zero-order valence-corrected chi connectivity index (χ0v) is 13.4. The second-order valence-corrected chi connectivity index (χ2v) is 8.01. The maximum absolute atomic E-state index is 12.4. The van der Waals surface area contributed by atoms with Crippen LogP contribution in [0.5, 0.6) is 0 Å². The van der Waals surface area contributed by atoms with Gasteiger partial charge in [0.2, 0.25) is 10.0 Å². The zero-order chi connectivity index (χ0) is 14.6. The van der Waals surface area contributed by atoms with Crippen LogP contribution in [0.3, 0.4) is 0 Å². The minimum absolute atomic E-state index is 0.0381. The lowest BCUT2D eigenvalue weighted by molar-refractivity contribution is 0.555. The predicted octanol–water partition coefficient (Wildman–Crippen LogP) is 2.08. The van der Waals surface area contributed by atoms with E-state index in [2.05, 4.69) is 21.9 Å². The molecule has 5 nitrogen and oxygen atoms in total. The summed E-state index contributed by atoms with van der Waals surface area (Å²) < 4.78 is 27.7. The molecule has 1 aromatic heterocycles. The maximum Gasteiger partial charge on any atom is 0.241 e. The largest absolute Gasteiger partial charge is 0.373 e. The van der Waals surface area contributed by atoms with E-state index in [4.69, 9.17) is 0 Å². The van der Waals surface area contributed by atoms with Crippen molar-refractivity contribution in [1.29, 1.82) is 0 Å². The molecule has 0 bridgehead atoms. The Bertz CT molecular complexity index is 548. The van der Waals surface area contributed by atoms with Crippen molar-refractivity contribution in [2.45, 2.75) is 42.4 Å². The monoisotopic (exact) mass is 315 g/mol. The molecule has 0 spiro atoms. The summed E-state index contributed by atoms with van der Waals surface area (Å²) in [6, 6.07) is 3.12. The fourth-order valence-corrected chi connectivity index (χ4v) is 5.06. The van der Waals surface area contributed by atoms with Gasteiger partial charge in [-0.05, 0) is 24.7 Å². The van der Waals surface area contributed by atoms with E-state index in [1.54, 1.807) is 13.1 Å². The van der Waals surface area contributed by atoms with Crippen molar-refractivity contribution in [2.75, 3.05) is 18.1 Å². The van der Waals surface area contributed by atoms with Crippen LogP contribution in [-0.4, -0.2) is 37.5 Å². The summed E-state index contributed by atoms with van der Waals surface area (Å²) in [4.78, 5) is 4.31. The standard InChI is InChI=1S/C13H21N3O2S2/c1-3-19-12-6-4-5-11(12)16-20(17,18)10-7-8-15-13(9-10)14-2/h7-9,11-12,16H,3-6H2,1-2H3,(H,14,15). The van der Waals surface area contributed by atoms with Gasteiger partial charge in [-0.2, -0.15) is 11.8 Å². The molecular weight excluding hydrogens is 294 g/mol. The van der Waals surface area contributed by atoms with Gasteiger partial charge in [0.05, 0.1) is 4.90 Å². The summed E-state index contributed by atoms with van der Waals surface area (Å²) in [7, 11) is -1.75. The van der Waals surface area contributed by atoms with Gasteiger partial charge >= 0.3 is 0 Å². The second-order valence-electron chi connectivity index (χ2n) is 4.78. The van der Waals surface area contributed by atoms with E-state index < -0.39 is 10.0 Å². The lowest BCUT2D eigenvalue weighted by Crippen LogP contribution is -2.38. The van der Waals surface area contributed by atoms with Gasteiger partial charge in [0.15, 0.2) is 0 Å². The molecule has 0 saturated heterocycles. The van der Waals surface area contributed by atoms with Crippen LogP contribution in [0, 0.1) is 0 Å². The van der Waals surface area contributed by atoms with E-state index in [0.29, 0.717) is 11.1 Å². The molecule has 0 amide bonds. The van der Waals surface area contributed by atoms with E-state index in [1.165, 1.54) is 12.3 Å². The molecule has 20 heavy (non-hydrogen) atoms. The lowest BCUT2D eigenvalue weighted by atomic mass is 10.3. The number of anilines is 1. The van der Waals surface area contributed by atoms with Crippen LogP contribution < -0.4 is 10.0 Å². The van der Waals surface area contributed by atoms with E-state index in [0.717, 1.165) is 25.0 Å². The molecule has 0 aromatic carbocycles. The lowest BCUT2D eigenvalue weighted by Gasteiger charge is -2.20. The number of nitrogens with one attached hydrogen (secondary N) is 2. The van der Waals surface area contributed by atoms with E-state index in [1.807, 2.05) is 11.8 Å². The third-order valence-electron chi connectivity index (χ3n) is 3.44. The number of hydrogen-bond acceptors (Lipinski definition) is 5. The van der Waals surface area contributed by atoms with Crippen LogP contribution in [0.1, 0.15) is 26.2 Å². The van der Waals surface area contributed by atoms with Crippen LogP contribution in [0.15, 0.2) is 23.2 Å². The molecule has 2 rings (SSSR count). The second kappa shape index (κ2) is 6.78. The van der Waals surface area contributed by atoms with Gasteiger partial charge in [-0.3, -0.25) is 0 Å². The topological polar surface area (TPSA) is 71.1 Å². The van der Waals surface area contributed by atoms with E-state index in [-0.39, 0.29) is 10.9 Å². The van der Waals surface area contributed by atoms with Crippen molar-refractivity contribution in [1.82, 2.24) is 9.71 Å². The smallest absolute Gasteiger partial charge is 0.241 e. The predicted molar refractivity (Wildman–Crippen MR) is 83.7 cm³/mol. The molecule has 1 fully saturated rings. The molecular formula is C13H21N3O2S2. The minimum atomic E-state index is -3.47. The van der Waals surface area contributed by atoms with Gasteiger partial charge in [0.25, 0.3) is 0 Å². The van der Waals surface area contributed by atoms with Gasteiger partial charge in [0.1, 0.15) is 5.82 Å². The van der Waals surface area contributed by atoms with Crippen molar-refractivity contribution >= 4 is 27.6 Å². The van der Waals surface area contributed by atoms with Crippen molar-refractivity contribution in [2.24, 2.45) is 0 Å². The van der Waals surface area contributed by atoms with Crippen LogP contribution in [-0.2, 0) is 10.0 Å². The fourth-order valence-electron chi connectivity index (χ4n) is 2.46. The molecule has 1 aliphatic carbocycles. The Balaban J connectivity index is 2.14. The van der Waals surface area contributed by atoms with Crippen LogP contribution >= 0.6 is 11.8 Å². The average molecular weight is 315 g/mol. The molecule has 7 heteroatoms. The highest BCUT2D eigenvalue weighted by Crippen LogP contribution is 2.31. The highest BCUT2D eigenvalue weighted by molar-refractivity contribution is 8.00. The number of hydrogen-bond donors (Lipinski definition) is 2. The molecule has 0 radical (unpaired) electrons. The molecule has 1 heterocycles. The molecule has 2 atom stereocenters. The summed E-state index contributed by atoms with van der Waals surface area (Å²) in [5.41, 5.74) is 0. The third kappa shape index (κ3) is 3.65. The Morgan fingerprint density at radius 3 is 2.95 bits per heavy atom. The Labute approximate surface area is 125 Å². The Morgan fingerprint density at radius 1 is 1.45 bits per heavy atom. The summed E-state index contributed by atoms with van der Waals surface area (Å²) >= 11 is 1.84. The highest BCUT2D eigenvalue weighted by Gasteiger charge is 2.31. The molecule has 1 aromatic rings. The summed E-state index contributed by atoms with van der Waals surface area (Å²) in [5, 5.41) is 3.24. The summed E-state index contributed by atoms with van der Waals surface area (Å²) in [6.45, 7) is 2.11. The first kappa shape index (κ1) is 15.6. The van der Waals surface area contributed by atoms with Gasteiger partial charge in [0, 0.05) is 30.6 Å². The first-order valence-electron chi connectivity index (χ1n) is 6.84. The van der Waals surface area contributed by atoms with E-state index in [9.17, 15) is 8.42 Å². The minimum Gasteiger partial charge on any atom is -0.373 e. The normalized spacial score (nSPS) is 22.9.